The summed E-state index contributed by atoms with van der Waals surface area (Å²) < 4.78 is 22.2. The predicted octanol–water partition coefficient (Wildman–Crippen LogP) is 3.90. The van der Waals surface area contributed by atoms with Gasteiger partial charge in [0.05, 0.1) is 18.4 Å². The maximum absolute atomic E-state index is 13.1. The number of benzene rings is 1. The van der Waals surface area contributed by atoms with E-state index in [1.807, 2.05) is 62.2 Å². The monoisotopic (exact) mass is 498 g/mol. The summed E-state index contributed by atoms with van der Waals surface area (Å²) in [5.74, 6) is 1.23. The minimum absolute atomic E-state index is 0.0757. The second kappa shape index (κ2) is 11.5. The molecule has 2 aliphatic rings. The molecule has 194 valence electrons. The highest BCUT2D eigenvalue weighted by atomic mass is 16.6. The first-order chi connectivity index (χ1) is 17.3. The number of rotatable bonds is 6. The molecule has 2 aliphatic heterocycles. The molecule has 1 aromatic carbocycles. The molecule has 36 heavy (non-hydrogen) atoms. The number of hydrogen-bond acceptors (Lipinski definition) is 8. The molecular weight excluding hydrogens is 464 g/mol. The standard InChI is InChI=1S/C26H34N4O6/c1-26(2,3)36-25(32)30(17-20-15-22-23(16-27-20)34-14-13-33-22)21-9-11-29(12-10-21)28-24(31)35-18-19-7-5-4-6-8-19/h4-8,15-16,21H,9-14,17-18H2,1-3H3,(H,28,31). The van der Waals surface area contributed by atoms with Gasteiger partial charge in [0.1, 0.15) is 25.4 Å². The Morgan fingerprint density at radius 3 is 2.50 bits per heavy atom. The van der Waals surface area contributed by atoms with E-state index in [4.69, 9.17) is 18.9 Å². The lowest BCUT2D eigenvalue weighted by Gasteiger charge is -2.38. The molecule has 3 heterocycles. The van der Waals surface area contributed by atoms with Crippen molar-refractivity contribution >= 4 is 12.2 Å². The quantitative estimate of drug-likeness (QED) is 0.640. The van der Waals surface area contributed by atoms with Gasteiger partial charge in [0, 0.05) is 25.2 Å². The molecule has 0 unspecified atom stereocenters. The highest BCUT2D eigenvalue weighted by molar-refractivity contribution is 5.69. The van der Waals surface area contributed by atoms with Gasteiger partial charge in [-0.2, -0.15) is 0 Å². The van der Waals surface area contributed by atoms with Crippen molar-refractivity contribution in [1.82, 2.24) is 20.3 Å². The first-order valence-electron chi connectivity index (χ1n) is 12.2. The van der Waals surface area contributed by atoms with Crippen LogP contribution in [0.1, 0.15) is 44.9 Å². The van der Waals surface area contributed by atoms with E-state index < -0.39 is 17.8 Å². The van der Waals surface area contributed by atoms with E-state index in [1.165, 1.54) is 0 Å². The van der Waals surface area contributed by atoms with Crippen LogP contribution in [0.5, 0.6) is 11.5 Å². The fourth-order valence-corrected chi connectivity index (χ4v) is 4.09. The van der Waals surface area contributed by atoms with Crippen LogP contribution in [0.2, 0.25) is 0 Å². The predicted molar refractivity (Wildman–Crippen MR) is 131 cm³/mol. The van der Waals surface area contributed by atoms with E-state index in [9.17, 15) is 9.59 Å². The molecule has 0 aliphatic carbocycles. The molecule has 0 atom stereocenters. The van der Waals surface area contributed by atoms with Gasteiger partial charge in [-0.05, 0) is 39.2 Å². The van der Waals surface area contributed by atoms with Crippen LogP contribution in [-0.2, 0) is 22.6 Å². The van der Waals surface area contributed by atoms with Crippen LogP contribution in [0.15, 0.2) is 42.6 Å². The molecule has 1 N–H and O–H groups in total. The van der Waals surface area contributed by atoms with Gasteiger partial charge in [-0.25, -0.2) is 14.6 Å². The summed E-state index contributed by atoms with van der Waals surface area (Å²) in [4.78, 5) is 31.6. The third-order valence-electron chi connectivity index (χ3n) is 5.81. The van der Waals surface area contributed by atoms with Gasteiger partial charge in [-0.1, -0.05) is 30.3 Å². The normalized spacial score (nSPS) is 16.2. The van der Waals surface area contributed by atoms with Crippen molar-refractivity contribution in [1.29, 1.82) is 0 Å². The van der Waals surface area contributed by atoms with Crippen LogP contribution < -0.4 is 14.9 Å². The minimum atomic E-state index is -0.625. The van der Waals surface area contributed by atoms with E-state index in [0.717, 1.165) is 5.56 Å². The number of hydrazine groups is 1. The zero-order chi connectivity index (χ0) is 25.5. The zero-order valence-corrected chi connectivity index (χ0v) is 21.1. The van der Waals surface area contributed by atoms with Gasteiger partial charge in [0.15, 0.2) is 11.5 Å². The number of ether oxygens (including phenoxy) is 4. The maximum atomic E-state index is 13.1. The van der Waals surface area contributed by atoms with Crippen molar-refractivity contribution in [2.24, 2.45) is 0 Å². The Balaban J connectivity index is 1.35. The Kier molecular flexibility index (Phi) is 8.14. The Morgan fingerprint density at radius 2 is 1.81 bits per heavy atom. The number of carbonyl (C=O) groups excluding carboxylic acids is 2. The zero-order valence-electron chi connectivity index (χ0n) is 21.1. The number of nitrogens with one attached hydrogen (secondary N) is 1. The smallest absolute Gasteiger partial charge is 0.422 e. The second-order valence-electron chi connectivity index (χ2n) is 9.82. The van der Waals surface area contributed by atoms with Gasteiger partial charge < -0.3 is 18.9 Å². The molecule has 2 amide bonds. The molecule has 1 fully saturated rings. The largest absolute Gasteiger partial charge is 0.486 e. The molecule has 1 aromatic heterocycles. The van der Waals surface area contributed by atoms with E-state index in [-0.39, 0.29) is 19.2 Å². The van der Waals surface area contributed by atoms with E-state index in [1.54, 1.807) is 11.1 Å². The van der Waals surface area contributed by atoms with Crippen LogP contribution in [0.3, 0.4) is 0 Å². The fraction of sp³-hybridized carbons (Fsp3) is 0.500. The molecule has 0 bridgehead atoms. The molecule has 0 radical (unpaired) electrons. The summed E-state index contributed by atoms with van der Waals surface area (Å²) in [7, 11) is 0. The summed E-state index contributed by atoms with van der Waals surface area (Å²) in [5.41, 5.74) is 3.78. The molecule has 1 saturated heterocycles. The molecule has 0 spiro atoms. The average molecular weight is 499 g/mol. The minimum Gasteiger partial charge on any atom is -0.486 e. The van der Waals surface area contributed by atoms with Gasteiger partial charge in [-0.3, -0.25) is 15.3 Å². The highest BCUT2D eigenvalue weighted by Crippen LogP contribution is 2.30. The molecule has 2 aromatic rings. The first-order valence-corrected chi connectivity index (χ1v) is 12.2. The topological polar surface area (TPSA) is 102 Å². The fourth-order valence-electron chi connectivity index (χ4n) is 4.09. The summed E-state index contributed by atoms with van der Waals surface area (Å²) >= 11 is 0. The van der Waals surface area contributed by atoms with Gasteiger partial charge in [0.25, 0.3) is 0 Å². The Hall–Kier alpha value is -3.53. The van der Waals surface area contributed by atoms with Crippen molar-refractivity contribution in [3.8, 4) is 11.5 Å². The van der Waals surface area contributed by atoms with E-state index in [2.05, 4.69) is 10.4 Å². The summed E-state index contributed by atoms with van der Waals surface area (Å²) in [6.45, 7) is 8.13. The molecular formula is C26H34N4O6. The lowest BCUT2D eigenvalue weighted by molar-refractivity contribution is 0.00158. The second-order valence-corrected chi connectivity index (χ2v) is 9.82. The van der Waals surface area contributed by atoms with Crippen molar-refractivity contribution in [3.05, 3.63) is 53.9 Å². The number of fused-ring (bicyclic) bond motifs is 1. The average Bonchev–Trinajstić information content (AvgIpc) is 2.86. The van der Waals surface area contributed by atoms with Crippen LogP contribution in [-0.4, -0.2) is 65.0 Å². The van der Waals surface area contributed by atoms with Crippen molar-refractivity contribution in [2.75, 3.05) is 26.3 Å². The summed E-state index contributed by atoms with van der Waals surface area (Å²) in [6, 6.07) is 11.3. The van der Waals surface area contributed by atoms with Crippen molar-refractivity contribution in [2.45, 2.75) is 58.4 Å². The van der Waals surface area contributed by atoms with E-state index >= 15 is 0 Å². The maximum Gasteiger partial charge on any atom is 0.422 e. The lowest BCUT2D eigenvalue weighted by atomic mass is 10.0. The Bertz CT molecular complexity index is 1030. The van der Waals surface area contributed by atoms with Crippen LogP contribution in [0.25, 0.3) is 0 Å². The Labute approximate surface area is 211 Å². The number of piperidine rings is 1. The van der Waals surface area contributed by atoms with Crippen LogP contribution in [0.4, 0.5) is 9.59 Å². The van der Waals surface area contributed by atoms with Crippen molar-refractivity contribution in [3.63, 3.8) is 0 Å². The number of aromatic nitrogens is 1. The molecule has 10 nitrogen and oxygen atoms in total. The van der Waals surface area contributed by atoms with Gasteiger partial charge >= 0.3 is 12.2 Å². The highest BCUT2D eigenvalue weighted by Gasteiger charge is 2.32. The van der Waals surface area contributed by atoms with Crippen molar-refractivity contribution < 1.29 is 28.5 Å². The first kappa shape index (κ1) is 25.6. The number of pyridine rings is 1. The molecule has 10 heteroatoms. The molecule has 4 rings (SSSR count). The number of amides is 2. The van der Waals surface area contributed by atoms with E-state index in [0.29, 0.717) is 56.3 Å². The number of nitrogens with zero attached hydrogens (tertiary/aromatic N) is 3. The third kappa shape index (κ3) is 7.24. The number of hydrogen-bond donors (Lipinski definition) is 1. The van der Waals surface area contributed by atoms with Crippen LogP contribution >= 0.6 is 0 Å². The Morgan fingerprint density at radius 1 is 1.11 bits per heavy atom. The SMILES string of the molecule is CC(C)(C)OC(=O)N(Cc1cc2c(cn1)OCCO2)C1CCN(NC(=O)OCc2ccccc2)CC1. The molecule has 0 saturated carbocycles. The number of carbonyl (C=O) groups is 2. The van der Waals surface area contributed by atoms with Gasteiger partial charge in [-0.15, -0.1) is 0 Å². The third-order valence-corrected chi connectivity index (χ3v) is 5.81. The van der Waals surface area contributed by atoms with Crippen LogP contribution in [0, 0.1) is 0 Å². The lowest BCUT2D eigenvalue weighted by Crippen LogP contribution is -2.52. The summed E-state index contributed by atoms with van der Waals surface area (Å²) in [5, 5.41) is 1.82. The summed E-state index contributed by atoms with van der Waals surface area (Å²) in [6.07, 6.45) is 2.05. The van der Waals surface area contributed by atoms with Gasteiger partial charge in [0.2, 0.25) is 0 Å².